The van der Waals surface area contributed by atoms with Crippen molar-refractivity contribution in [3.63, 3.8) is 0 Å². The molecule has 21 heavy (non-hydrogen) atoms. The van der Waals surface area contributed by atoms with Crippen LogP contribution in [0.3, 0.4) is 0 Å². The van der Waals surface area contributed by atoms with E-state index >= 15 is 0 Å². The molecule has 0 spiro atoms. The van der Waals surface area contributed by atoms with Crippen LogP contribution in [0, 0.1) is 5.92 Å². The van der Waals surface area contributed by atoms with Gasteiger partial charge in [-0.1, -0.05) is 53.5 Å². The molecule has 0 aromatic carbocycles. The van der Waals surface area contributed by atoms with Crippen molar-refractivity contribution in [3.05, 3.63) is 29.6 Å². The quantitative estimate of drug-likeness (QED) is 0.710. The Morgan fingerprint density at radius 2 is 1.76 bits per heavy atom. The van der Waals surface area contributed by atoms with Gasteiger partial charge in [0.15, 0.2) is 0 Å². The fourth-order valence-corrected chi connectivity index (χ4v) is 2.47. The van der Waals surface area contributed by atoms with Crippen LogP contribution >= 0.6 is 0 Å². The molecule has 0 atom stereocenters. The molecule has 1 heterocycles. The zero-order chi connectivity index (χ0) is 15.7. The summed E-state index contributed by atoms with van der Waals surface area (Å²) in [6.45, 7) is 15.2. The Bertz CT molecular complexity index is 386. The first-order valence-corrected chi connectivity index (χ1v) is 8.49. The Kier molecular flexibility index (Phi) is 8.55. The van der Waals surface area contributed by atoms with Gasteiger partial charge in [0, 0.05) is 25.7 Å². The maximum atomic E-state index is 4.79. The molecule has 1 N–H and O–H groups in total. The molecule has 0 aliphatic carbocycles. The van der Waals surface area contributed by atoms with E-state index in [1.807, 2.05) is 0 Å². The standard InChI is InChI=1S/C18H33N3/c1-6-16(7-2)13-21(8-3)14-18-11-9-10-17(20-18)12-19-15(4)5/h9-11,15-16,19H,6-8,12-14H2,1-5H3. The van der Waals surface area contributed by atoms with Crippen LogP contribution in [0.15, 0.2) is 18.2 Å². The zero-order valence-electron chi connectivity index (χ0n) is 14.5. The minimum absolute atomic E-state index is 0.498. The Morgan fingerprint density at radius 1 is 1.10 bits per heavy atom. The van der Waals surface area contributed by atoms with Crippen molar-refractivity contribution in [1.82, 2.24) is 15.2 Å². The van der Waals surface area contributed by atoms with Crippen molar-refractivity contribution in [1.29, 1.82) is 0 Å². The molecule has 1 aromatic rings. The summed E-state index contributed by atoms with van der Waals surface area (Å²) in [6.07, 6.45) is 2.53. The molecule has 0 aliphatic rings. The second kappa shape index (κ2) is 9.91. The smallest absolute Gasteiger partial charge is 0.0547 e. The van der Waals surface area contributed by atoms with Gasteiger partial charge < -0.3 is 5.32 Å². The molecule has 0 saturated carbocycles. The summed E-state index contributed by atoms with van der Waals surface area (Å²) in [5.41, 5.74) is 2.32. The monoisotopic (exact) mass is 291 g/mol. The fraction of sp³-hybridized carbons (Fsp3) is 0.722. The maximum absolute atomic E-state index is 4.79. The number of hydrogen-bond donors (Lipinski definition) is 1. The number of hydrogen-bond acceptors (Lipinski definition) is 3. The van der Waals surface area contributed by atoms with Gasteiger partial charge in [0.25, 0.3) is 0 Å². The van der Waals surface area contributed by atoms with Crippen LogP contribution in [0.25, 0.3) is 0 Å². The average molecular weight is 291 g/mol. The van der Waals surface area contributed by atoms with Gasteiger partial charge in [0.05, 0.1) is 11.4 Å². The van der Waals surface area contributed by atoms with Gasteiger partial charge >= 0.3 is 0 Å². The summed E-state index contributed by atoms with van der Waals surface area (Å²) in [6, 6.07) is 6.88. The first kappa shape index (κ1) is 18.1. The molecular formula is C18H33N3. The molecule has 1 aromatic heterocycles. The molecular weight excluding hydrogens is 258 g/mol. The number of rotatable bonds is 10. The van der Waals surface area contributed by atoms with Crippen molar-refractivity contribution in [3.8, 4) is 0 Å². The third kappa shape index (κ3) is 7.05. The Balaban J connectivity index is 2.60. The van der Waals surface area contributed by atoms with Gasteiger partial charge in [-0.25, -0.2) is 0 Å². The fourth-order valence-electron chi connectivity index (χ4n) is 2.47. The first-order chi connectivity index (χ1) is 10.1. The van der Waals surface area contributed by atoms with Crippen LogP contribution in [0.1, 0.15) is 58.8 Å². The zero-order valence-corrected chi connectivity index (χ0v) is 14.5. The van der Waals surface area contributed by atoms with Gasteiger partial charge in [-0.2, -0.15) is 0 Å². The van der Waals surface area contributed by atoms with E-state index in [-0.39, 0.29) is 0 Å². The van der Waals surface area contributed by atoms with Gasteiger partial charge in [-0.15, -0.1) is 0 Å². The SMILES string of the molecule is CCC(CC)CN(CC)Cc1cccc(CNC(C)C)n1. The van der Waals surface area contributed by atoms with Crippen LogP contribution in [0.4, 0.5) is 0 Å². The largest absolute Gasteiger partial charge is 0.309 e. The summed E-state index contributed by atoms with van der Waals surface area (Å²) in [4.78, 5) is 7.30. The predicted molar refractivity (Wildman–Crippen MR) is 91.2 cm³/mol. The molecule has 0 fully saturated rings. The lowest BCUT2D eigenvalue weighted by atomic mass is 10.0. The van der Waals surface area contributed by atoms with E-state index in [0.29, 0.717) is 6.04 Å². The third-order valence-corrected chi connectivity index (χ3v) is 4.06. The van der Waals surface area contributed by atoms with Crippen molar-refractivity contribution in [2.24, 2.45) is 5.92 Å². The van der Waals surface area contributed by atoms with Gasteiger partial charge in [-0.05, 0) is 24.6 Å². The first-order valence-electron chi connectivity index (χ1n) is 8.49. The van der Waals surface area contributed by atoms with Crippen molar-refractivity contribution >= 4 is 0 Å². The van der Waals surface area contributed by atoms with Crippen LogP contribution in [-0.4, -0.2) is 29.0 Å². The molecule has 0 aliphatic heterocycles. The van der Waals surface area contributed by atoms with Crippen molar-refractivity contribution < 1.29 is 0 Å². The van der Waals surface area contributed by atoms with E-state index in [1.54, 1.807) is 0 Å². The topological polar surface area (TPSA) is 28.2 Å². The highest BCUT2D eigenvalue weighted by Crippen LogP contribution is 2.12. The molecule has 0 radical (unpaired) electrons. The van der Waals surface area contributed by atoms with Crippen molar-refractivity contribution in [2.75, 3.05) is 13.1 Å². The molecule has 0 unspecified atom stereocenters. The maximum Gasteiger partial charge on any atom is 0.0547 e. The third-order valence-electron chi connectivity index (χ3n) is 4.06. The second-order valence-corrected chi connectivity index (χ2v) is 6.17. The Morgan fingerprint density at radius 3 is 2.33 bits per heavy atom. The molecule has 120 valence electrons. The summed E-state index contributed by atoms with van der Waals surface area (Å²) < 4.78 is 0. The van der Waals surface area contributed by atoms with Gasteiger partial charge in [0.1, 0.15) is 0 Å². The van der Waals surface area contributed by atoms with E-state index in [9.17, 15) is 0 Å². The van der Waals surface area contributed by atoms with Crippen LogP contribution in [0.5, 0.6) is 0 Å². The van der Waals surface area contributed by atoms with Crippen LogP contribution in [-0.2, 0) is 13.1 Å². The van der Waals surface area contributed by atoms with Crippen LogP contribution in [0.2, 0.25) is 0 Å². The molecule has 0 amide bonds. The highest BCUT2D eigenvalue weighted by molar-refractivity contribution is 5.11. The lowest BCUT2D eigenvalue weighted by molar-refractivity contribution is 0.224. The van der Waals surface area contributed by atoms with E-state index in [2.05, 4.69) is 63.0 Å². The molecule has 3 nitrogen and oxygen atoms in total. The van der Waals surface area contributed by atoms with Crippen molar-refractivity contribution in [2.45, 2.75) is 66.6 Å². The molecule has 0 bridgehead atoms. The molecule has 1 rings (SSSR count). The number of aromatic nitrogens is 1. The normalized spacial score (nSPS) is 11.8. The minimum atomic E-state index is 0.498. The highest BCUT2D eigenvalue weighted by atomic mass is 15.1. The van der Waals surface area contributed by atoms with E-state index < -0.39 is 0 Å². The lowest BCUT2D eigenvalue weighted by Crippen LogP contribution is -2.29. The Labute approximate surface area is 131 Å². The summed E-state index contributed by atoms with van der Waals surface area (Å²) in [5, 5.41) is 3.43. The minimum Gasteiger partial charge on any atom is -0.309 e. The highest BCUT2D eigenvalue weighted by Gasteiger charge is 2.11. The number of nitrogens with zero attached hydrogens (tertiary/aromatic N) is 2. The van der Waals surface area contributed by atoms with Gasteiger partial charge in [0.2, 0.25) is 0 Å². The molecule has 3 heteroatoms. The van der Waals surface area contributed by atoms with Crippen LogP contribution < -0.4 is 5.32 Å². The van der Waals surface area contributed by atoms with E-state index in [0.717, 1.165) is 31.2 Å². The Hall–Kier alpha value is -0.930. The lowest BCUT2D eigenvalue weighted by Gasteiger charge is -2.25. The van der Waals surface area contributed by atoms with E-state index in [1.165, 1.54) is 25.1 Å². The van der Waals surface area contributed by atoms with E-state index in [4.69, 9.17) is 4.98 Å². The number of nitrogens with one attached hydrogen (secondary N) is 1. The summed E-state index contributed by atoms with van der Waals surface area (Å²) in [5.74, 6) is 0.802. The summed E-state index contributed by atoms with van der Waals surface area (Å²) >= 11 is 0. The summed E-state index contributed by atoms with van der Waals surface area (Å²) in [7, 11) is 0. The number of pyridine rings is 1. The predicted octanol–water partition coefficient (Wildman–Crippen LogP) is 3.84. The second-order valence-electron chi connectivity index (χ2n) is 6.17. The molecule has 0 saturated heterocycles. The average Bonchev–Trinajstić information content (AvgIpc) is 2.49. The van der Waals surface area contributed by atoms with Gasteiger partial charge in [-0.3, -0.25) is 9.88 Å².